The molecule has 0 unspecified atom stereocenters. The molecule has 27 heavy (non-hydrogen) atoms. The Morgan fingerprint density at radius 3 is 2.15 bits per heavy atom. The summed E-state index contributed by atoms with van der Waals surface area (Å²) in [5.41, 5.74) is 0.928. The van der Waals surface area contributed by atoms with Gasteiger partial charge in [0, 0.05) is 22.7 Å². The molecular weight excluding hydrogens is 368 g/mol. The van der Waals surface area contributed by atoms with Gasteiger partial charge in [0.2, 0.25) is 0 Å². The van der Waals surface area contributed by atoms with Gasteiger partial charge in [-0.15, -0.1) is 0 Å². The number of hydrogen-bond acceptors (Lipinski definition) is 3. The third-order valence-electron chi connectivity index (χ3n) is 3.95. The van der Waals surface area contributed by atoms with Crippen molar-refractivity contribution in [2.24, 2.45) is 0 Å². The van der Waals surface area contributed by atoms with Gasteiger partial charge in [-0.3, -0.25) is 9.59 Å². The second kappa shape index (κ2) is 10.3. The molecule has 1 atom stereocenters. The molecule has 3 N–H and O–H groups in total. The monoisotopic (exact) mass is 388 g/mol. The van der Waals surface area contributed by atoms with Gasteiger partial charge in [0.15, 0.2) is 0 Å². The largest absolute Gasteiger partial charge is 0.480 e. The molecule has 2 rings (SSSR count). The highest BCUT2D eigenvalue weighted by atomic mass is 35.5. The lowest BCUT2D eigenvalue weighted by Crippen LogP contribution is -2.40. The number of nitrogens with one attached hydrogen (secondary N) is 2. The smallest absolute Gasteiger partial charge is 0.326 e. The molecule has 6 nitrogen and oxygen atoms in total. The van der Waals surface area contributed by atoms with E-state index in [1.165, 1.54) is 0 Å². The van der Waals surface area contributed by atoms with Gasteiger partial charge in [0.1, 0.15) is 6.04 Å². The SMILES string of the molecule is O=C(NCCCC[C@H](NC(=O)c1ccccc1)C(=O)O)c1ccc(Cl)cc1. The molecule has 0 saturated carbocycles. The summed E-state index contributed by atoms with van der Waals surface area (Å²) in [7, 11) is 0. The van der Waals surface area contributed by atoms with Crippen LogP contribution in [0.5, 0.6) is 0 Å². The molecule has 0 bridgehead atoms. The van der Waals surface area contributed by atoms with E-state index in [1.807, 2.05) is 0 Å². The fraction of sp³-hybridized carbons (Fsp3) is 0.250. The van der Waals surface area contributed by atoms with Gasteiger partial charge in [0.05, 0.1) is 0 Å². The predicted octanol–water partition coefficient (Wildman–Crippen LogP) is 3.12. The van der Waals surface area contributed by atoms with E-state index < -0.39 is 17.9 Å². The number of carbonyl (C=O) groups excluding carboxylic acids is 2. The van der Waals surface area contributed by atoms with Crippen LogP contribution in [-0.2, 0) is 4.79 Å². The number of benzene rings is 2. The Hall–Kier alpha value is -2.86. The van der Waals surface area contributed by atoms with Crippen LogP contribution in [-0.4, -0.2) is 35.5 Å². The minimum absolute atomic E-state index is 0.209. The molecule has 0 fully saturated rings. The van der Waals surface area contributed by atoms with Gasteiger partial charge in [-0.1, -0.05) is 29.8 Å². The highest BCUT2D eigenvalue weighted by Gasteiger charge is 2.20. The zero-order valence-electron chi connectivity index (χ0n) is 14.7. The van der Waals surface area contributed by atoms with E-state index >= 15 is 0 Å². The van der Waals surface area contributed by atoms with Crippen molar-refractivity contribution in [3.8, 4) is 0 Å². The molecule has 0 heterocycles. The average molecular weight is 389 g/mol. The zero-order valence-corrected chi connectivity index (χ0v) is 15.4. The van der Waals surface area contributed by atoms with E-state index in [-0.39, 0.29) is 12.3 Å². The second-order valence-electron chi connectivity index (χ2n) is 5.99. The van der Waals surface area contributed by atoms with Crippen molar-refractivity contribution >= 4 is 29.4 Å². The maximum absolute atomic E-state index is 12.1. The summed E-state index contributed by atoms with van der Waals surface area (Å²) in [6, 6.07) is 14.1. The lowest BCUT2D eigenvalue weighted by molar-refractivity contribution is -0.139. The lowest BCUT2D eigenvalue weighted by atomic mass is 10.1. The van der Waals surface area contributed by atoms with Crippen LogP contribution in [0.1, 0.15) is 40.0 Å². The summed E-state index contributed by atoms with van der Waals surface area (Å²) in [6.07, 6.45) is 1.43. The molecule has 0 radical (unpaired) electrons. The van der Waals surface area contributed by atoms with E-state index in [0.717, 1.165) is 0 Å². The fourth-order valence-corrected chi connectivity index (χ4v) is 2.59. The van der Waals surface area contributed by atoms with Crippen LogP contribution in [0.4, 0.5) is 0 Å². The van der Waals surface area contributed by atoms with Crippen LogP contribution in [0.15, 0.2) is 54.6 Å². The zero-order chi connectivity index (χ0) is 19.6. The lowest BCUT2D eigenvalue weighted by Gasteiger charge is -2.14. The van der Waals surface area contributed by atoms with Gasteiger partial charge in [-0.2, -0.15) is 0 Å². The van der Waals surface area contributed by atoms with Crippen molar-refractivity contribution in [1.82, 2.24) is 10.6 Å². The Bertz CT molecular complexity index is 778. The number of carboxylic acid groups (broad SMARTS) is 1. The van der Waals surface area contributed by atoms with E-state index in [4.69, 9.17) is 11.6 Å². The number of unbranched alkanes of at least 4 members (excludes halogenated alkanes) is 1. The maximum Gasteiger partial charge on any atom is 0.326 e. The molecule has 2 amide bonds. The molecule has 0 aromatic heterocycles. The molecule has 0 saturated heterocycles. The summed E-state index contributed by atoms with van der Waals surface area (Å²) in [5, 5.41) is 15.1. The number of amides is 2. The fourth-order valence-electron chi connectivity index (χ4n) is 2.47. The number of carbonyl (C=O) groups is 3. The molecule has 2 aromatic rings. The molecule has 142 valence electrons. The highest BCUT2D eigenvalue weighted by molar-refractivity contribution is 6.30. The predicted molar refractivity (Wildman–Crippen MR) is 103 cm³/mol. The maximum atomic E-state index is 12.1. The van der Waals surface area contributed by atoms with Crippen LogP contribution in [0.3, 0.4) is 0 Å². The van der Waals surface area contributed by atoms with Gasteiger partial charge in [0.25, 0.3) is 11.8 Å². The number of rotatable bonds is 9. The van der Waals surface area contributed by atoms with Crippen LogP contribution in [0.25, 0.3) is 0 Å². The molecule has 0 aliphatic heterocycles. The Kier molecular flexibility index (Phi) is 7.82. The first-order valence-corrected chi connectivity index (χ1v) is 8.97. The normalized spacial score (nSPS) is 11.4. The van der Waals surface area contributed by atoms with Crippen molar-refractivity contribution in [1.29, 1.82) is 0 Å². The molecule has 0 spiro atoms. The number of carboxylic acids is 1. The van der Waals surface area contributed by atoms with E-state index in [1.54, 1.807) is 54.6 Å². The Morgan fingerprint density at radius 2 is 1.52 bits per heavy atom. The molecule has 2 aromatic carbocycles. The van der Waals surface area contributed by atoms with Crippen LogP contribution in [0, 0.1) is 0 Å². The Labute approximate surface area is 162 Å². The summed E-state index contributed by atoms with van der Waals surface area (Å²) in [6.45, 7) is 0.417. The van der Waals surface area contributed by atoms with Crippen LogP contribution < -0.4 is 10.6 Å². The standard InChI is InChI=1S/C20H21ClN2O4/c21-16-11-9-15(10-12-16)18(24)22-13-5-4-8-17(20(26)27)23-19(25)14-6-2-1-3-7-14/h1-3,6-7,9-12,17H,4-5,8,13H2,(H,22,24)(H,23,25)(H,26,27)/t17-/m0/s1. The van der Waals surface area contributed by atoms with Gasteiger partial charge < -0.3 is 15.7 Å². The van der Waals surface area contributed by atoms with Crippen molar-refractivity contribution in [3.05, 3.63) is 70.7 Å². The third-order valence-corrected chi connectivity index (χ3v) is 4.20. The van der Waals surface area contributed by atoms with E-state index in [9.17, 15) is 19.5 Å². The second-order valence-corrected chi connectivity index (χ2v) is 6.43. The quantitative estimate of drug-likeness (QED) is 0.575. The van der Waals surface area contributed by atoms with Crippen LogP contribution in [0.2, 0.25) is 5.02 Å². The van der Waals surface area contributed by atoms with Crippen molar-refractivity contribution < 1.29 is 19.5 Å². The average Bonchev–Trinajstić information content (AvgIpc) is 2.67. The van der Waals surface area contributed by atoms with Crippen molar-refractivity contribution in [3.63, 3.8) is 0 Å². The minimum Gasteiger partial charge on any atom is -0.480 e. The molecular formula is C20H21ClN2O4. The van der Waals surface area contributed by atoms with Gasteiger partial charge >= 0.3 is 5.97 Å². The van der Waals surface area contributed by atoms with Crippen molar-refractivity contribution in [2.45, 2.75) is 25.3 Å². The van der Waals surface area contributed by atoms with Crippen molar-refractivity contribution in [2.75, 3.05) is 6.54 Å². The number of aliphatic carboxylic acids is 1. The molecule has 0 aliphatic carbocycles. The summed E-state index contributed by atoms with van der Waals surface area (Å²) in [4.78, 5) is 35.4. The van der Waals surface area contributed by atoms with E-state index in [2.05, 4.69) is 10.6 Å². The van der Waals surface area contributed by atoms with Gasteiger partial charge in [-0.05, 0) is 55.7 Å². The first-order chi connectivity index (χ1) is 13.0. The Morgan fingerprint density at radius 1 is 0.889 bits per heavy atom. The first-order valence-electron chi connectivity index (χ1n) is 8.60. The highest BCUT2D eigenvalue weighted by Crippen LogP contribution is 2.09. The number of hydrogen-bond donors (Lipinski definition) is 3. The molecule has 0 aliphatic rings. The first kappa shape index (κ1) is 20.5. The Balaban J connectivity index is 1.73. The summed E-state index contributed by atoms with van der Waals surface area (Å²) < 4.78 is 0. The van der Waals surface area contributed by atoms with Crippen LogP contribution >= 0.6 is 11.6 Å². The third kappa shape index (κ3) is 6.75. The summed E-state index contributed by atoms with van der Waals surface area (Å²) >= 11 is 5.78. The number of halogens is 1. The van der Waals surface area contributed by atoms with Gasteiger partial charge in [-0.25, -0.2) is 4.79 Å². The minimum atomic E-state index is -1.08. The molecule has 7 heteroatoms. The topological polar surface area (TPSA) is 95.5 Å². The summed E-state index contributed by atoms with van der Waals surface area (Å²) in [5.74, 6) is -1.71. The van der Waals surface area contributed by atoms with E-state index in [0.29, 0.717) is 35.5 Å².